The number of likely N-dealkylation sites (N-methyl/N-ethyl adjacent to an activating group) is 1. The van der Waals surface area contributed by atoms with Gasteiger partial charge in [-0.1, -0.05) is 24.6 Å². The first-order chi connectivity index (χ1) is 12.5. The van der Waals surface area contributed by atoms with Crippen molar-refractivity contribution in [2.24, 2.45) is 4.99 Å². The molecular formula is C19H31ClIN5O. The normalized spacial score (nSPS) is 17.3. The van der Waals surface area contributed by atoms with Gasteiger partial charge in [0, 0.05) is 43.3 Å². The number of carbonyl (C=O) groups is 1. The minimum Gasteiger partial charge on any atom is -0.356 e. The second-order valence-corrected chi connectivity index (χ2v) is 6.92. The first-order valence-electron chi connectivity index (χ1n) is 9.28. The van der Waals surface area contributed by atoms with Crippen molar-refractivity contribution < 1.29 is 4.79 Å². The smallest absolute Gasteiger partial charge is 0.226 e. The average Bonchev–Trinajstić information content (AvgIpc) is 3.09. The Hall–Kier alpha value is -1.06. The summed E-state index contributed by atoms with van der Waals surface area (Å²) in [7, 11) is 1.75. The van der Waals surface area contributed by atoms with Crippen LogP contribution in [0.1, 0.15) is 31.7 Å². The Balaban J connectivity index is 0.00000364. The number of amides is 1. The van der Waals surface area contributed by atoms with Gasteiger partial charge in [-0.15, -0.1) is 24.0 Å². The highest BCUT2D eigenvalue weighted by Crippen LogP contribution is 2.22. The van der Waals surface area contributed by atoms with Crippen molar-refractivity contribution in [2.75, 3.05) is 38.5 Å². The lowest BCUT2D eigenvalue weighted by atomic mass is 10.2. The Morgan fingerprint density at radius 3 is 2.85 bits per heavy atom. The lowest BCUT2D eigenvalue weighted by Gasteiger charge is -2.23. The number of halogens is 2. The van der Waals surface area contributed by atoms with E-state index in [9.17, 15) is 4.79 Å². The third kappa shape index (κ3) is 7.46. The maximum atomic E-state index is 12.1. The van der Waals surface area contributed by atoms with Crippen LogP contribution in [-0.4, -0.2) is 56.0 Å². The van der Waals surface area contributed by atoms with Crippen molar-refractivity contribution in [3.8, 4) is 0 Å². The van der Waals surface area contributed by atoms with Crippen LogP contribution in [0, 0.1) is 6.92 Å². The van der Waals surface area contributed by atoms with Crippen LogP contribution < -0.4 is 16.0 Å². The molecule has 1 aliphatic rings. The summed E-state index contributed by atoms with van der Waals surface area (Å²) in [6.07, 6.45) is 2.84. The first kappa shape index (κ1) is 24.0. The number of hydrogen-bond donors (Lipinski definition) is 3. The molecule has 1 aromatic carbocycles. The molecule has 1 aliphatic heterocycles. The molecule has 0 bridgehead atoms. The highest BCUT2D eigenvalue weighted by Gasteiger charge is 2.22. The topological polar surface area (TPSA) is 68.8 Å². The van der Waals surface area contributed by atoms with Crippen LogP contribution in [0.4, 0.5) is 5.69 Å². The van der Waals surface area contributed by atoms with E-state index in [-0.39, 0.29) is 29.9 Å². The number of rotatable bonds is 7. The second-order valence-electron chi connectivity index (χ2n) is 6.52. The molecule has 1 aromatic rings. The number of guanidine groups is 1. The van der Waals surface area contributed by atoms with Crippen LogP contribution in [-0.2, 0) is 4.79 Å². The Morgan fingerprint density at radius 2 is 2.15 bits per heavy atom. The number of nitrogens with one attached hydrogen (secondary N) is 3. The molecule has 1 atom stereocenters. The van der Waals surface area contributed by atoms with Gasteiger partial charge in [0.25, 0.3) is 0 Å². The summed E-state index contributed by atoms with van der Waals surface area (Å²) in [5, 5.41) is 10.1. The summed E-state index contributed by atoms with van der Waals surface area (Å²) in [6, 6.07) is 6.06. The molecule has 0 aliphatic carbocycles. The zero-order valence-corrected chi connectivity index (χ0v) is 19.4. The number of carbonyl (C=O) groups excluding carboxylic acids is 1. The van der Waals surface area contributed by atoms with Crippen molar-refractivity contribution in [1.29, 1.82) is 0 Å². The van der Waals surface area contributed by atoms with E-state index in [1.165, 1.54) is 19.4 Å². The Morgan fingerprint density at radius 1 is 1.37 bits per heavy atom. The summed E-state index contributed by atoms with van der Waals surface area (Å²) in [4.78, 5) is 18.9. The maximum Gasteiger partial charge on any atom is 0.226 e. The van der Waals surface area contributed by atoms with Crippen LogP contribution in [0.2, 0.25) is 5.02 Å². The molecule has 0 radical (unpaired) electrons. The molecule has 1 heterocycles. The van der Waals surface area contributed by atoms with Gasteiger partial charge in [-0.25, -0.2) is 0 Å². The number of benzene rings is 1. The van der Waals surface area contributed by atoms with Crippen LogP contribution in [0.15, 0.2) is 23.2 Å². The van der Waals surface area contributed by atoms with E-state index in [2.05, 4.69) is 32.8 Å². The Bertz CT molecular complexity index is 641. The van der Waals surface area contributed by atoms with Crippen molar-refractivity contribution in [1.82, 2.24) is 15.5 Å². The molecule has 27 heavy (non-hydrogen) atoms. The molecule has 1 unspecified atom stereocenters. The minimum atomic E-state index is -0.0497. The molecule has 3 N–H and O–H groups in total. The van der Waals surface area contributed by atoms with Crippen LogP contribution in [0.5, 0.6) is 0 Å². The van der Waals surface area contributed by atoms with Gasteiger partial charge in [-0.3, -0.25) is 14.7 Å². The number of nitrogens with zero attached hydrogens (tertiary/aromatic N) is 2. The van der Waals surface area contributed by atoms with E-state index in [4.69, 9.17) is 11.6 Å². The lowest BCUT2D eigenvalue weighted by Crippen LogP contribution is -2.45. The SMILES string of the molecule is CCN1CCCC1CNC(=NC)NCCC(=O)Nc1cccc(Cl)c1C.I. The van der Waals surface area contributed by atoms with Gasteiger partial charge in [0.2, 0.25) is 5.91 Å². The predicted molar refractivity (Wildman–Crippen MR) is 124 cm³/mol. The zero-order chi connectivity index (χ0) is 18.9. The largest absolute Gasteiger partial charge is 0.356 e. The molecule has 2 rings (SSSR count). The summed E-state index contributed by atoms with van der Waals surface area (Å²) >= 11 is 6.08. The Kier molecular flexibility index (Phi) is 11.0. The van der Waals surface area contributed by atoms with E-state index in [1.54, 1.807) is 7.05 Å². The molecular weight excluding hydrogens is 477 g/mol. The van der Waals surface area contributed by atoms with Gasteiger partial charge < -0.3 is 16.0 Å². The van der Waals surface area contributed by atoms with Gasteiger partial charge in [-0.2, -0.15) is 0 Å². The summed E-state index contributed by atoms with van der Waals surface area (Å²) in [6.45, 7) is 7.75. The molecule has 1 fully saturated rings. The zero-order valence-electron chi connectivity index (χ0n) is 16.3. The maximum absolute atomic E-state index is 12.1. The van der Waals surface area contributed by atoms with Crippen LogP contribution >= 0.6 is 35.6 Å². The molecule has 1 amide bonds. The monoisotopic (exact) mass is 507 g/mol. The van der Waals surface area contributed by atoms with Gasteiger partial charge in [0.1, 0.15) is 0 Å². The molecule has 6 nitrogen and oxygen atoms in total. The quantitative estimate of drug-likeness (QED) is 0.301. The fourth-order valence-corrected chi connectivity index (χ4v) is 3.40. The van der Waals surface area contributed by atoms with E-state index in [0.29, 0.717) is 24.0 Å². The highest BCUT2D eigenvalue weighted by atomic mass is 127. The van der Waals surface area contributed by atoms with Gasteiger partial charge in [0.15, 0.2) is 5.96 Å². The van der Waals surface area contributed by atoms with Crippen molar-refractivity contribution in [3.63, 3.8) is 0 Å². The predicted octanol–water partition coefficient (Wildman–Crippen LogP) is 3.24. The first-order valence-corrected chi connectivity index (χ1v) is 9.66. The molecule has 0 aromatic heterocycles. The van der Waals surface area contributed by atoms with Crippen LogP contribution in [0.3, 0.4) is 0 Å². The number of hydrogen-bond acceptors (Lipinski definition) is 3. The van der Waals surface area contributed by atoms with Gasteiger partial charge >= 0.3 is 0 Å². The summed E-state index contributed by atoms with van der Waals surface area (Å²) in [5.41, 5.74) is 1.64. The van der Waals surface area contributed by atoms with Crippen molar-refractivity contribution in [3.05, 3.63) is 28.8 Å². The highest BCUT2D eigenvalue weighted by molar-refractivity contribution is 14.0. The van der Waals surface area contributed by atoms with E-state index < -0.39 is 0 Å². The van der Waals surface area contributed by atoms with E-state index >= 15 is 0 Å². The summed E-state index contributed by atoms with van der Waals surface area (Å²) < 4.78 is 0. The standard InChI is InChI=1S/C19H30ClN5O.HI/c1-4-25-12-6-7-15(25)13-23-19(21-3)22-11-10-18(26)24-17-9-5-8-16(20)14(17)2;/h5,8-9,15H,4,6-7,10-13H2,1-3H3,(H,24,26)(H2,21,22,23);1H. The van der Waals surface area contributed by atoms with Crippen molar-refractivity contribution >= 4 is 53.1 Å². The molecule has 152 valence electrons. The second kappa shape index (κ2) is 12.4. The number of likely N-dealkylation sites (tertiary alicyclic amines) is 1. The van der Waals surface area contributed by atoms with Gasteiger partial charge in [0.05, 0.1) is 0 Å². The molecule has 1 saturated heterocycles. The Labute approximate surface area is 184 Å². The minimum absolute atomic E-state index is 0. The fourth-order valence-electron chi connectivity index (χ4n) is 3.23. The van der Waals surface area contributed by atoms with Gasteiger partial charge in [-0.05, 0) is 50.6 Å². The third-order valence-corrected chi connectivity index (χ3v) is 5.23. The van der Waals surface area contributed by atoms with Crippen molar-refractivity contribution in [2.45, 2.75) is 39.2 Å². The fraction of sp³-hybridized carbons (Fsp3) is 0.579. The summed E-state index contributed by atoms with van der Waals surface area (Å²) in [5.74, 6) is 0.686. The average molecular weight is 508 g/mol. The van der Waals surface area contributed by atoms with E-state index in [0.717, 1.165) is 30.3 Å². The number of aliphatic imine (C=N–C) groups is 1. The number of anilines is 1. The lowest BCUT2D eigenvalue weighted by molar-refractivity contribution is -0.116. The molecule has 0 saturated carbocycles. The van der Waals surface area contributed by atoms with E-state index in [1.807, 2.05) is 25.1 Å². The third-order valence-electron chi connectivity index (χ3n) is 4.82. The molecule has 0 spiro atoms. The molecule has 8 heteroatoms. The van der Waals surface area contributed by atoms with Crippen LogP contribution in [0.25, 0.3) is 0 Å².